The molecular weight excluding hydrogens is 284 g/mol. The predicted octanol–water partition coefficient (Wildman–Crippen LogP) is 4.90. The first kappa shape index (κ1) is 14.3. The van der Waals surface area contributed by atoms with Crippen LogP contribution in [0.2, 0.25) is 0 Å². The summed E-state index contributed by atoms with van der Waals surface area (Å²) in [5.74, 6) is 1.58. The largest absolute Gasteiger partial charge is 0.490 e. The minimum atomic E-state index is 0.441. The van der Waals surface area contributed by atoms with Crippen molar-refractivity contribution in [3.05, 3.63) is 48.7 Å². The van der Waals surface area contributed by atoms with Crippen LogP contribution in [0.3, 0.4) is 0 Å². The molecule has 1 saturated carbocycles. The zero-order valence-corrected chi connectivity index (χ0v) is 13.7. The van der Waals surface area contributed by atoms with Gasteiger partial charge >= 0.3 is 0 Å². The summed E-state index contributed by atoms with van der Waals surface area (Å²) < 4.78 is 7.90. The molecule has 1 heterocycles. The molecule has 0 amide bonds. The van der Waals surface area contributed by atoms with Gasteiger partial charge in [-0.3, -0.25) is 4.68 Å². The molecule has 3 nitrogen and oxygen atoms in total. The van der Waals surface area contributed by atoms with E-state index in [2.05, 4.69) is 67.6 Å². The highest BCUT2D eigenvalue weighted by atomic mass is 16.5. The highest BCUT2D eigenvalue weighted by Gasteiger charge is 2.23. The number of aromatic nitrogens is 2. The minimum Gasteiger partial charge on any atom is -0.490 e. The summed E-state index contributed by atoms with van der Waals surface area (Å²) in [6.45, 7) is 5.37. The molecule has 0 N–H and O–H groups in total. The zero-order chi connectivity index (χ0) is 15.8. The first-order chi connectivity index (χ1) is 11.2. The van der Waals surface area contributed by atoms with E-state index in [1.807, 2.05) is 4.68 Å². The number of benzene rings is 2. The van der Waals surface area contributed by atoms with Crippen molar-refractivity contribution in [2.45, 2.75) is 39.3 Å². The van der Waals surface area contributed by atoms with E-state index >= 15 is 0 Å². The fourth-order valence-electron chi connectivity index (χ4n) is 2.83. The second-order valence-electron chi connectivity index (χ2n) is 6.86. The van der Waals surface area contributed by atoms with Gasteiger partial charge in [0.1, 0.15) is 5.75 Å². The summed E-state index contributed by atoms with van der Waals surface area (Å²) in [6, 6.07) is 14.9. The normalized spacial score (nSPS) is 14.6. The Balaban J connectivity index is 1.61. The van der Waals surface area contributed by atoms with Crippen molar-refractivity contribution in [2.24, 2.45) is 5.92 Å². The van der Waals surface area contributed by atoms with Crippen LogP contribution in [0.4, 0.5) is 0 Å². The molecule has 0 unspecified atom stereocenters. The Labute approximate surface area is 136 Å². The molecule has 0 bridgehead atoms. The van der Waals surface area contributed by atoms with E-state index < -0.39 is 0 Å². The van der Waals surface area contributed by atoms with Gasteiger partial charge in [0.25, 0.3) is 0 Å². The number of ether oxygens (including phenoxy) is 1. The van der Waals surface area contributed by atoms with Crippen LogP contribution in [0, 0.1) is 5.92 Å². The molecule has 0 atom stereocenters. The minimum absolute atomic E-state index is 0.441. The Hall–Kier alpha value is -2.29. The lowest BCUT2D eigenvalue weighted by Gasteiger charge is -2.07. The lowest BCUT2D eigenvalue weighted by molar-refractivity contribution is 0.303. The van der Waals surface area contributed by atoms with Crippen LogP contribution in [0.1, 0.15) is 26.7 Å². The van der Waals surface area contributed by atoms with Gasteiger partial charge in [0.15, 0.2) is 0 Å². The Kier molecular flexibility index (Phi) is 3.56. The molecule has 4 rings (SSSR count). The van der Waals surface area contributed by atoms with Crippen LogP contribution >= 0.6 is 0 Å². The van der Waals surface area contributed by atoms with Crippen LogP contribution in [-0.2, 0) is 6.54 Å². The maximum absolute atomic E-state index is 5.87. The second-order valence-corrected chi connectivity index (χ2v) is 6.86. The maximum Gasteiger partial charge on any atom is 0.120 e. The SMILES string of the molecule is CC(C)Cn1ccc(-c2ccc3cc(OC4CC4)ccc3c2)n1. The van der Waals surface area contributed by atoms with E-state index in [9.17, 15) is 0 Å². The Morgan fingerprint density at radius 2 is 1.87 bits per heavy atom. The first-order valence-electron chi connectivity index (χ1n) is 8.42. The summed E-state index contributed by atoms with van der Waals surface area (Å²) in [5, 5.41) is 7.13. The Morgan fingerprint density at radius 3 is 2.65 bits per heavy atom. The van der Waals surface area contributed by atoms with Crippen LogP contribution in [0.5, 0.6) is 5.75 Å². The predicted molar refractivity (Wildman–Crippen MR) is 93.7 cm³/mol. The average molecular weight is 306 g/mol. The van der Waals surface area contributed by atoms with Gasteiger partial charge in [0.05, 0.1) is 11.8 Å². The number of fused-ring (bicyclic) bond motifs is 1. The van der Waals surface area contributed by atoms with Crippen molar-refractivity contribution in [1.82, 2.24) is 9.78 Å². The molecule has 1 aliphatic rings. The van der Waals surface area contributed by atoms with Gasteiger partial charge in [-0.2, -0.15) is 5.10 Å². The summed E-state index contributed by atoms with van der Waals surface area (Å²) in [5.41, 5.74) is 2.20. The standard InChI is InChI=1S/C20H22N2O/c1-14(2)13-22-10-9-20(21-22)17-4-3-16-12-19(23-18-7-8-18)6-5-15(16)11-17/h3-6,9-12,14,18H,7-8,13H2,1-2H3. The molecule has 0 aliphatic heterocycles. The molecule has 3 aromatic rings. The number of hydrogen-bond acceptors (Lipinski definition) is 2. The highest BCUT2D eigenvalue weighted by Crippen LogP contribution is 2.30. The summed E-state index contributed by atoms with van der Waals surface area (Å²) in [4.78, 5) is 0. The van der Waals surface area contributed by atoms with Crippen LogP contribution < -0.4 is 4.74 Å². The number of hydrogen-bond donors (Lipinski definition) is 0. The zero-order valence-electron chi connectivity index (χ0n) is 13.7. The number of nitrogens with zero attached hydrogens (tertiary/aromatic N) is 2. The third-order valence-corrected chi connectivity index (χ3v) is 4.13. The lowest BCUT2D eigenvalue weighted by atomic mass is 10.0. The molecule has 118 valence electrons. The molecule has 0 spiro atoms. The third kappa shape index (κ3) is 3.24. The van der Waals surface area contributed by atoms with E-state index in [1.165, 1.54) is 23.6 Å². The maximum atomic E-state index is 5.87. The van der Waals surface area contributed by atoms with E-state index in [1.54, 1.807) is 0 Å². The van der Waals surface area contributed by atoms with Crippen LogP contribution in [0.15, 0.2) is 48.7 Å². The van der Waals surface area contributed by atoms with Gasteiger partial charge in [-0.25, -0.2) is 0 Å². The lowest BCUT2D eigenvalue weighted by Crippen LogP contribution is -2.04. The molecule has 1 aliphatic carbocycles. The van der Waals surface area contributed by atoms with Crippen molar-refractivity contribution >= 4 is 10.8 Å². The highest BCUT2D eigenvalue weighted by molar-refractivity contribution is 5.87. The molecule has 3 heteroatoms. The Bertz CT molecular complexity index is 831. The van der Waals surface area contributed by atoms with Gasteiger partial charge in [0, 0.05) is 18.3 Å². The third-order valence-electron chi connectivity index (χ3n) is 4.13. The molecule has 2 aromatic carbocycles. The van der Waals surface area contributed by atoms with E-state index in [0.29, 0.717) is 12.0 Å². The quantitative estimate of drug-likeness (QED) is 0.670. The van der Waals surface area contributed by atoms with Crippen molar-refractivity contribution in [2.75, 3.05) is 0 Å². The molecule has 0 saturated heterocycles. The molecular formula is C20H22N2O. The van der Waals surface area contributed by atoms with Gasteiger partial charge in [0.2, 0.25) is 0 Å². The topological polar surface area (TPSA) is 27.1 Å². The van der Waals surface area contributed by atoms with Crippen molar-refractivity contribution in [3.63, 3.8) is 0 Å². The van der Waals surface area contributed by atoms with E-state index in [4.69, 9.17) is 4.74 Å². The van der Waals surface area contributed by atoms with Gasteiger partial charge < -0.3 is 4.74 Å². The monoisotopic (exact) mass is 306 g/mol. The second kappa shape index (κ2) is 5.73. The molecule has 1 fully saturated rings. The van der Waals surface area contributed by atoms with Crippen molar-refractivity contribution in [3.8, 4) is 17.0 Å². The first-order valence-corrected chi connectivity index (χ1v) is 8.42. The van der Waals surface area contributed by atoms with Gasteiger partial charge in [-0.15, -0.1) is 0 Å². The fourth-order valence-corrected chi connectivity index (χ4v) is 2.83. The van der Waals surface area contributed by atoms with Crippen LogP contribution in [0.25, 0.3) is 22.0 Å². The van der Waals surface area contributed by atoms with Crippen molar-refractivity contribution in [1.29, 1.82) is 0 Å². The van der Waals surface area contributed by atoms with Crippen LogP contribution in [-0.4, -0.2) is 15.9 Å². The van der Waals surface area contributed by atoms with Gasteiger partial charge in [-0.05, 0) is 53.8 Å². The fraction of sp³-hybridized carbons (Fsp3) is 0.350. The van der Waals surface area contributed by atoms with Gasteiger partial charge in [-0.1, -0.05) is 32.0 Å². The summed E-state index contributed by atoms with van der Waals surface area (Å²) in [6.07, 6.45) is 4.88. The Morgan fingerprint density at radius 1 is 1.09 bits per heavy atom. The summed E-state index contributed by atoms with van der Waals surface area (Å²) >= 11 is 0. The summed E-state index contributed by atoms with van der Waals surface area (Å²) in [7, 11) is 0. The average Bonchev–Trinajstić information content (AvgIpc) is 3.22. The molecule has 1 aromatic heterocycles. The molecule has 0 radical (unpaired) electrons. The van der Waals surface area contributed by atoms with E-state index in [-0.39, 0.29) is 0 Å². The van der Waals surface area contributed by atoms with Crippen molar-refractivity contribution < 1.29 is 4.74 Å². The smallest absolute Gasteiger partial charge is 0.120 e. The van der Waals surface area contributed by atoms with E-state index in [0.717, 1.165) is 23.6 Å². The molecule has 23 heavy (non-hydrogen) atoms. The number of rotatable bonds is 5.